The summed E-state index contributed by atoms with van der Waals surface area (Å²) in [6.07, 6.45) is 0. The zero-order chi connectivity index (χ0) is 15.1. The lowest BCUT2D eigenvalue weighted by atomic mass is 10.1. The van der Waals surface area contributed by atoms with E-state index >= 15 is 0 Å². The van der Waals surface area contributed by atoms with E-state index in [1.54, 1.807) is 12.1 Å². The van der Waals surface area contributed by atoms with Crippen molar-refractivity contribution in [3.8, 4) is 6.07 Å². The topological polar surface area (TPSA) is 91.4 Å². The molecule has 0 bridgehead atoms. The van der Waals surface area contributed by atoms with Gasteiger partial charge in [0.2, 0.25) is 0 Å². The lowest BCUT2D eigenvalue weighted by molar-refractivity contribution is -0.384. The first-order valence-corrected chi connectivity index (χ1v) is 6.88. The summed E-state index contributed by atoms with van der Waals surface area (Å²) in [5.74, 6) is 0. The molecule has 0 amide bonds. The summed E-state index contributed by atoms with van der Waals surface area (Å²) in [5, 5.41) is 23.0. The van der Waals surface area contributed by atoms with Crippen LogP contribution in [0.15, 0.2) is 24.3 Å². The van der Waals surface area contributed by atoms with Gasteiger partial charge in [-0.1, -0.05) is 0 Å². The quantitative estimate of drug-likeness (QED) is 0.622. The maximum Gasteiger partial charge on any atom is 0.269 e. The van der Waals surface area contributed by atoms with Gasteiger partial charge in [0.1, 0.15) is 6.04 Å². The highest BCUT2D eigenvalue weighted by Crippen LogP contribution is 2.17. The first-order chi connectivity index (χ1) is 10.2. The van der Waals surface area contributed by atoms with E-state index in [9.17, 15) is 15.4 Å². The molecule has 1 atom stereocenters. The molecule has 1 aromatic carbocycles. The van der Waals surface area contributed by atoms with E-state index in [4.69, 9.17) is 4.74 Å². The number of hydrogen-bond donors (Lipinski definition) is 1. The van der Waals surface area contributed by atoms with Gasteiger partial charge in [0.25, 0.3) is 5.69 Å². The molecule has 1 N–H and O–H groups in total. The summed E-state index contributed by atoms with van der Waals surface area (Å²) in [5.41, 5.74) is 0.772. The van der Waals surface area contributed by atoms with E-state index in [1.807, 2.05) is 0 Å². The molecule has 0 radical (unpaired) electrons. The second-order valence-electron chi connectivity index (χ2n) is 4.82. The van der Waals surface area contributed by atoms with Crippen LogP contribution in [0.4, 0.5) is 5.69 Å². The largest absolute Gasteiger partial charge is 0.379 e. The standard InChI is InChI=1S/C14H18N4O3/c15-11-14(12-1-3-13(4-2-12)18(19)20)16-5-6-17-7-9-21-10-8-17/h1-4,14,16H,5-10H2. The third kappa shape index (κ3) is 4.49. The Kier molecular flexibility index (Phi) is 5.63. The second-order valence-corrected chi connectivity index (χ2v) is 4.82. The van der Waals surface area contributed by atoms with Crippen molar-refractivity contribution in [1.82, 2.24) is 10.2 Å². The maximum atomic E-state index is 10.6. The van der Waals surface area contributed by atoms with Crippen LogP contribution in [0.5, 0.6) is 0 Å². The van der Waals surface area contributed by atoms with Gasteiger partial charge in [-0.15, -0.1) is 0 Å². The SMILES string of the molecule is N#CC(NCCN1CCOCC1)c1ccc([N+](=O)[O-])cc1. The molecule has 2 rings (SSSR count). The number of benzene rings is 1. The van der Waals surface area contributed by atoms with Crippen LogP contribution in [-0.2, 0) is 4.74 Å². The molecule has 7 nitrogen and oxygen atoms in total. The van der Waals surface area contributed by atoms with Crippen LogP contribution in [0.3, 0.4) is 0 Å². The van der Waals surface area contributed by atoms with Gasteiger partial charge in [0, 0.05) is 38.3 Å². The van der Waals surface area contributed by atoms with Crippen LogP contribution in [0.25, 0.3) is 0 Å². The Morgan fingerprint density at radius 1 is 1.38 bits per heavy atom. The Morgan fingerprint density at radius 2 is 2.05 bits per heavy atom. The predicted molar refractivity (Wildman–Crippen MR) is 76.7 cm³/mol. The Morgan fingerprint density at radius 3 is 2.62 bits per heavy atom. The van der Waals surface area contributed by atoms with Crippen LogP contribution >= 0.6 is 0 Å². The molecular formula is C14H18N4O3. The Balaban J connectivity index is 1.84. The van der Waals surface area contributed by atoms with Gasteiger partial charge >= 0.3 is 0 Å². The predicted octanol–water partition coefficient (Wildman–Crippen LogP) is 1.08. The number of non-ortho nitro benzene ring substituents is 1. The van der Waals surface area contributed by atoms with Gasteiger partial charge < -0.3 is 4.74 Å². The lowest BCUT2D eigenvalue weighted by Gasteiger charge is -2.27. The fourth-order valence-corrected chi connectivity index (χ4v) is 2.22. The molecular weight excluding hydrogens is 272 g/mol. The van der Waals surface area contributed by atoms with Crippen LogP contribution in [0, 0.1) is 21.4 Å². The van der Waals surface area contributed by atoms with Crippen LogP contribution in [-0.4, -0.2) is 49.2 Å². The average molecular weight is 290 g/mol. The van der Waals surface area contributed by atoms with Crippen LogP contribution in [0.1, 0.15) is 11.6 Å². The number of hydrogen-bond acceptors (Lipinski definition) is 6. The van der Waals surface area contributed by atoms with Crippen molar-refractivity contribution in [1.29, 1.82) is 5.26 Å². The first-order valence-electron chi connectivity index (χ1n) is 6.88. The molecule has 0 aliphatic carbocycles. The molecule has 7 heteroatoms. The van der Waals surface area contributed by atoms with Gasteiger partial charge in [0.15, 0.2) is 0 Å². The van der Waals surface area contributed by atoms with Crippen LogP contribution < -0.4 is 5.32 Å². The second kappa shape index (κ2) is 7.69. The molecule has 1 aliphatic heterocycles. The van der Waals surface area contributed by atoms with Crippen molar-refractivity contribution in [2.45, 2.75) is 6.04 Å². The molecule has 1 aliphatic rings. The van der Waals surface area contributed by atoms with E-state index in [1.165, 1.54) is 12.1 Å². The van der Waals surface area contributed by atoms with Gasteiger partial charge in [0.05, 0.1) is 24.2 Å². The highest BCUT2D eigenvalue weighted by Gasteiger charge is 2.14. The van der Waals surface area contributed by atoms with Crippen molar-refractivity contribution >= 4 is 5.69 Å². The number of rotatable bonds is 6. The van der Waals surface area contributed by atoms with Crippen molar-refractivity contribution in [3.05, 3.63) is 39.9 Å². The summed E-state index contributed by atoms with van der Waals surface area (Å²) < 4.78 is 5.28. The van der Waals surface area contributed by atoms with Gasteiger partial charge in [-0.05, 0) is 17.7 Å². The molecule has 1 aromatic rings. The summed E-state index contributed by atoms with van der Waals surface area (Å²) in [4.78, 5) is 12.4. The van der Waals surface area contributed by atoms with E-state index in [0.717, 1.165) is 38.4 Å². The molecule has 112 valence electrons. The highest BCUT2D eigenvalue weighted by atomic mass is 16.6. The number of ether oxygens (including phenoxy) is 1. The molecule has 0 aromatic heterocycles. The van der Waals surface area contributed by atoms with E-state index in [0.29, 0.717) is 6.54 Å². The van der Waals surface area contributed by atoms with Gasteiger partial charge in [-0.3, -0.25) is 20.3 Å². The third-order valence-corrected chi connectivity index (χ3v) is 3.45. The number of morpholine rings is 1. The number of nitro benzene ring substituents is 1. The smallest absolute Gasteiger partial charge is 0.269 e. The Labute approximate surface area is 123 Å². The average Bonchev–Trinajstić information content (AvgIpc) is 2.53. The number of nitro groups is 1. The van der Waals surface area contributed by atoms with Crippen molar-refractivity contribution < 1.29 is 9.66 Å². The number of nitrogens with one attached hydrogen (secondary N) is 1. The minimum Gasteiger partial charge on any atom is -0.379 e. The lowest BCUT2D eigenvalue weighted by Crippen LogP contribution is -2.40. The summed E-state index contributed by atoms with van der Waals surface area (Å²) in [6.45, 7) is 4.88. The number of nitriles is 1. The Hall–Kier alpha value is -2.01. The fourth-order valence-electron chi connectivity index (χ4n) is 2.22. The fraction of sp³-hybridized carbons (Fsp3) is 0.500. The maximum absolute atomic E-state index is 10.6. The molecule has 0 spiro atoms. The Bertz CT molecular complexity index is 506. The molecule has 21 heavy (non-hydrogen) atoms. The summed E-state index contributed by atoms with van der Waals surface area (Å²) in [7, 11) is 0. The molecule has 1 unspecified atom stereocenters. The van der Waals surface area contributed by atoms with Gasteiger partial charge in [-0.2, -0.15) is 5.26 Å². The van der Waals surface area contributed by atoms with E-state index in [-0.39, 0.29) is 5.69 Å². The molecule has 1 saturated heterocycles. The van der Waals surface area contributed by atoms with Crippen molar-refractivity contribution in [2.75, 3.05) is 39.4 Å². The molecule has 1 heterocycles. The number of nitrogens with zero attached hydrogens (tertiary/aromatic N) is 3. The first kappa shape index (κ1) is 15.4. The molecule has 0 saturated carbocycles. The van der Waals surface area contributed by atoms with E-state index < -0.39 is 11.0 Å². The zero-order valence-electron chi connectivity index (χ0n) is 11.7. The van der Waals surface area contributed by atoms with Crippen molar-refractivity contribution in [3.63, 3.8) is 0 Å². The highest BCUT2D eigenvalue weighted by molar-refractivity contribution is 5.35. The normalized spacial score (nSPS) is 17.1. The summed E-state index contributed by atoms with van der Waals surface area (Å²) >= 11 is 0. The monoisotopic (exact) mass is 290 g/mol. The summed E-state index contributed by atoms with van der Waals surface area (Å²) in [6, 6.07) is 7.81. The zero-order valence-corrected chi connectivity index (χ0v) is 11.7. The van der Waals surface area contributed by atoms with E-state index in [2.05, 4.69) is 16.3 Å². The molecule has 1 fully saturated rings. The minimum atomic E-state index is -0.452. The van der Waals surface area contributed by atoms with Crippen LogP contribution in [0.2, 0.25) is 0 Å². The van der Waals surface area contributed by atoms with Gasteiger partial charge in [-0.25, -0.2) is 0 Å². The minimum absolute atomic E-state index is 0.0313. The third-order valence-electron chi connectivity index (χ3n) is 3.45. The van der Waals surface area contributed by atoms with Crippen molar-refractivity contribution in [2.24, 2.45) is 0 Å².